The number of para-hydroxylation sites is 1. The Morgan fingerprint density at radius 3 is 3.12 bits per heavy atom. The molecule has 2 heterocycles. The molecule has 92 valence electrons. The zero-order chi connectivity index (χ0) is 11.7. The standard InChI is InChI=1S/C14H19NO2/c16-8-3-6-13-11-7-9-17-14(11)10-4-1-2-5-12(10)15-13/h1-2,4-5,11,13-16H,3,6-9H2/t11-,13+,14-/m1/s1. The summed E-state index contributed by atoms with van der Waals surface area (Å²) in [5.41, 5.74) is 2.51. The molecule has 2 N–H and O–H groups in total. The van der Waals surface area contributed by atoms with E-state index < -0.39 is 0 Å². The van der Waals surface area contributed by atoms with Crippen molar-refractivity contribution in [2.24, 2.45) is 5.92 Å². The number of aliphatic hydroxyl groups is 1. The first-order chi connectivity index (χ1) is 8.40. The number of aliphatic hydroxyl groups excluding tert-OH is 1. The third kappa shape index (κ3) is 1.94. The summed E-state index contributed by atoms with van der Waals surface area (Å²) in [5, 5.41) is 12.6. The van der Waals surface area contributed by atoms with Gasteiger partial charge in [-0.1, -0.05) is 18.2 Å². The highest BCUT2D eigenvalue weighted by atomic mass is 16.5. The van der Waals surface area contributed by atoms with Crippen molar-refractivity contribution >= 4 is 5.69 Å². The fourth-order valence-corrected chi connectivity index (χ4v) is 3.12. The molecular formula is C14H19NO2. The van der Waals surface area contributed by atoms with E-state index in [9.17, 15) is 0 Å². The molecule has 0 unspecified atom stereocenters. The van der Waals surface area contributed by atoms with Crippen molar-refractivity contribution < 1.29 is 9.84 Å². The maximum atomic E-state index is 8.97. The van der Waals surface area contributed by atoms with Gasteiger partial charge in [-0.05, 0) is 25.3 Å². The second-order valence-electron chi connectivity index (χ2n) is 4.95. The topological polar surface area (TPSA) is 41.5 Å². The first kappa shape index (κ1) is 11.1. The lowest BCUT2D eigenvalue weighted by Gasteiger charge is -2.36. The molecule has 17 heavy (non-hydrogen) atoms. The zero-order valence-corrected chi connectivity index (χ0v) is 9.93. The highest BCUT2D eigenvalue weighted by Crippen LogP contribution is 2.45. The molecule has 3 heteroatoms. The van der Waals surface area contributed by atoms with Crippen molar-refractivity contribution in [3.63, 3.8) is 0 Å². The van der Waals surface area contributed by atoms with Crippen LogP contribution in [0.5, 0.6) is 0 Å². The average molecular weight is 233 g/mol. The van der Waals surface area contributed by atoms with Crippen LogP contribution in [0.25, 0.3) is 0 Å². The molecule has 3 atom stereocenters. The highest BCUT2D eigenvalue weighted by Gasteiger charge is 2.39. The van der Waals surface area contributed by atoms with Crippen LogP contribution in [0.4, 0.5) is 5.69 Å². The van der Waals surface area contributed by atoms with E-state index >= 15 is 0 Å². The first-order valence-corrected chi connectivity index (χ1v) is 6.48. The van der Waals surface area contributed by atoms with E-state index in [0.717, 1.165) is 25.9 Å². The van der Waals surface area contributed by atoms with Gasteiger partial charge in [-0.2, -0.15) is 0 Å². The van der Waals surface area contributed by atoms with Crippen LogP contribution < -0.4 is 5.32 Å². The summed E-state index contributed by atoms with van der Waals surface area (Å²) in [7, 11) is 0. The Labute approximate surface area is 102 Å². The molecule has 2 aliphatic heterocycles. The fraction of sp³-hybridized carbons (Fsp3) is 0.571. The zero-order valence-electron chi connectivity index (χ0n) is 9.93. The molecule has 0 spiro atoms. The van der Waals surface area contributed by atoms with Gasteiger partial charge in [-0.3, -0.25) is 0 Å². The summed E-state index contributed by atoms with van der Waals surface area (Å²) < 4.78 is 5.89. The molecule has 1 saturated heterocycles. The van der Waals surface area contributed by atoms with Crippen LogP contribution in [-0.2, 0) is 4.74 Å². The average Bonchev–Trinajstić information content (AvgIpc) is 2.85. The van der Waals surface area contributed by atoms with Gasteiger partial charge in [0.25, 0.3) is 0 Å². The van der Waals surface area contributed by atoms with Gasteiger partial charge in [0.1, 0.15) is 0 Å². The minimum atomic E-state index is 0.260. The van der Waals surface area contributed by atoms with Crippen LogP contribution >= 0.6 is 0 Å². The van der Waals surface area contributed by atoms with Crippen LogP contribution in [0.3, 0.4) is 0 Å². The van der Waals surface area contributed by atoms with Gasteiger partial charge in [0.2, 0.25) is 0 Å². The lowest BCUT2D eigenvalue weighted by Crippen LogP contribution is -2.36. The van der Waals surface area contributed by atoms with Gasteiger partial charge in [0.05, 0.1) is 6.10 Å². The maximum Gasteiger partial charge on any atom is 0.0893 e. The molecule has 0 amide bonds. The summed E-state index contributed by atoms with van der Waals surface area (Å²) in [4.78, 5) is 0. The van der Waals surface area contributed by atoms with Crippen LogP contribution in [0.15, 0.2) is 24.3 Å². The Morgan fingerprint density at radius 1 is 1.35 bits per heavy atom. The number of nitrogens with one attached hydrogen (secondary N) is 1. The fourth-order valence-electron chi connectivity index (χ4n) is 3.12. The molecule has 2 aliphatic rings. The molecule has 0 radical (unpaired) electrons. The van der Waals surface area contributed by atoms with Crippen molar-refractivity contribution in [2.45, 2.75) is 31.4 Å². The number of ether oxygens (including phenoxy) is 1. The summed E-state index contributed by atoms with van der Waals surface area (Å²) in [6.45, 7) is 1.14. The molecular weight excluding hydrogens is 214 g/mol. The summed E-state index contributed by atoms with van der Waals surface area (Å²) >= 11 is 0. The minimum Gasteiger partial charge on any atom is -0.396 e. The van der Waals surface area contributed by atoms with Crippen molar-refractivity contribution in [3.8, 4) is 0 Å². The largest absolute Gasteiger partial charge is 0.396 e. The molecule has 1 aromatic rings. The predicted octanol–water partition coefficient (Wildman–Crippen LogP) is 2.33. The normalized spacial score (nSPS) is 30.5. The molecule has 0 aromatic heterocycles. The van der Waals surface area contributed by atoms with E-state index in [1.807, 2.05) is 0 Å². The Morgan fingerprint density at radius 2 is 2.24 bits per heavy atom. The number of benzene rings is 1. The maximum absolute atomic E-state index is 8.97. The summed E-state index contributed by atoms with van der Waals surface area (Å²) in [6, 6.07) is 8.87. The van der Waals surface area contributed by atoms with Crippen LogP contribution in [0, 0.1) is 5.92 Å². The summed E-state index contributed by atoms with van der Waals surface area (Å²) in [6.07, 6.45) is 3.27. The number of anilines is 1. The third-order valence-electron chi connectivity index (χ3n) is 3.94. The predicted molar refractivity (Wildman–Crippen MR) is 67.0 cm³/mol. The van der Waals surface area contributed by atoms with Crippen LogP contribution in [0.1, 0.15) is 30.9 Å². The van der Waals surface area contributed by atoms with Crippen molar-refractivity contribution in [1.82, 2.24) is 0 Å². The van der Waals surface area contributed by atoms with Gasteiger partial charge < -0.3 is 15.2 Å². The Balaban J connectivity index is 1.87. The Bertz CT molecular complexity index is 394. The quantitative estimate of drug-likeness (QED) is 0.842. The molecule has 1 fully saturated rings. The second-order valence-corrected chi connectivity index (χ2v) is 4.95. The van der Waals surface area contributed by atoms with Gasteiger partial charge in [0, 0.05) is 36.4 Å². The second kappa shape index (κ2) is 4.67. The molecule has 1 aromatic carbocycles. The monoisotopic (exact) mass is 233 g/mol. The van der Waals surface area contributed by atoms with Gasteiger partial charge in [-0.15, -0.1) is 0 Å². The van der Waals surface area contributed by atoms with Crippen molar-refractivity contribution in [2.75, 3.05) is 18.5 Å². The van der Waals surface area contributed by atoms with Crippen molar-refractivity contribution in [1.29, 1.82) is 0 Å². The van der Waals surface area contributed by atoms with E-state index in [2.05, 4.69) is 29.6 Å². The summed E-state index contributed by atoms with van der Waals surface area (Å²) in [5.74, 6) is 0.566. The molecule has 0 aliphatic carbocycles. The van der Waals surface area contributed by atoms with E-state index in [1.165, 1.54) is 11.3 Å². The highest BCUT2D eigenvalue weighted by molar-refractivity contribution is 5.55. The lowest BCUT2D eigenvalue weighted by molar-refractivity contribution is 0.0813. The smallest absolute Gasteiger partial charge is 0.0893 e. The van der Waals surface area contributed by atoms with Crippen molar-refractivity contribution in [3.05, 3.63) is 29.8 Å². The number of fused-ring (bicyclic) bond motifs is 3. The molecule has 0 saturated carbocycles. The number of rotatable bonds is 3. The van der Waals surface area contributed by atoms with E-state index in [4.69, 9.17) is 9.84 Å². The van der Waals surface area contributed by atoms with E-state index in [1.54, 1.807) is 0 Å². The first-order valence-electron chi connectivity index (χ1n) is 6.48. The Kier molecular flexibility index (Phi) is 3.04. The third-order valence-corrected chi connectivity index (χ3v) is 3.94. The van der Waals surface area contributed by atoms with Gasteiger partial charge in [-0.25, -0.2) is 0 Å². The SMILES string of the molecule is OCCC[C@@H]1Nc2ccccc2[C@H]2OCC[C@H]12. The van der Waals surface area contributed by atoms with Gasteiger partial charge in [0.15, 0.2) is 0 Å². The lowest BCUT2D eigenvalue weighted by atomic mass is 9.82. The van der Waals surface area contributed by atoms with E-state index in [-0.39, 0.29) is 12.7 Å². The van der Waals surface area contributed by atoms with Crippen LogP contribution in [-0.4, -0.2) is 24.4 Å². The number of hydrogen-bond donors (Lipinski definition) is 2. The molecule has 3 rings (SSSR count). The minimum absolute atomic E-state index is 0.260. The number of hydrogen-bond acceptors (Lipinski definition) is 3. The van der Waals surface area contributed by atoms with E-state index in [0.29, 0.717) is 12.0 Å². The van der Waals surface area contributed by atoms with Crippen LogP contribution in [0.2, 0.25) is 0 Å². The molecule has 3 nitrogen and oxygen atoms in total. The molecule has 0 bridgehead atoms. The Hall–Kier alpha value is -1.06. The van der Waals surface area contributed by atoms with Gasteiger partial charge >= 0.3 is 0 Å².